The molecular formula is C11H15Cl2F3N2O2S. The van der Waals surface area contributed by atoms with Crippen LogP contribution in [-0.2, 0) is 16.2 Å². The average molecular weight is 367 g/mol. The minimum absolute atomic E-state index is 0. The predicted molar refractivity (Wildman–Crippen MR) is 77.2 cm³/mol. The summed E-state index contributed by atoms with van der Waals surface area (Å²) >= 11 is 5.57. The third kappa shape index (κ3) is 4.72. The van der Waals surface area contributed by atoms with Gasteiger partial charge in [0.2, 0.25) is 10.0 Å². The number of nitrogens with zero attached hydrogens (tertiary/aromatic N) is 1. The number of likely N-dealkylation sites (N-methyl/N-ethyl adjacent to an activating group) is 1. The van der Waals surface area contributed by atoms with Gasteiger partial charge in [-0.3, -0.25) is 0 Å². The number of hydrogen-bond acceptors (Lipinski definition) is 3. The van der Waals surface area contributed by atoms with Crippen molar-refractivity contribution in [1.29, 1.82) is 0 Å². The molecule has 2 N–H and O–H groups in total. The SMILES string of the molecule is CC(CN)N(C)S(=O)(=O)c1cc(Cl)cc(C(F)(F)F)c1.Cl. The van der Waals surface area contributed by atoms with Crippen LogP contribution in [0, 0.1) is 0 Å². The van der Waals surface area contributed by atoms with Crippen molar-refractivity contribution in [2.24, 2.45) is 5.73 Å². The first kappa shape index (κ1) is 20.5. The van der Waals surface area contributed by atoms with E-state index in [0.29, 0.717) is 12.1 Å². The Morgan fingerprint density at radius 1 is 1.33 bits per heavy atom. The minimum Gasteiger partial charge on any atom is -0.329 e. The van der Waals surface area contributed by atoms with Crippen LogP contribution in [0.15, 0.2) is 23.1 Å². The lowest BCUT2D eigenvalue weighted by Crippen LogP contribution is -2.39. The first-order valence-corrected chi connectivity index (χ1v) is 7.38. The van der Waals surface area contributed by atoms with Crippen LogP contribution < -0.4 is 5.73 Å². The zero-order chi connectivity index (χ0) is 15.7. The Morgan fingerprint density at radius 3 is 2.29 bits per heavy atom. The maximum Gasteiger partial charge on any atom is 0.416 e. The van der Waals surface area contributed by atoms with Gasteiger partial charge in [-0.1, -0.05) is 11.6 Å². The molecule has 0 amide bonds. The van der Waals surface area contributed by atoms with Crippen molar-refractivity contribution in [3.63, 3.8) is 0 Å². The third-order valence-electron chi connectivity index (χ3n) is 2.84. The molecule has 0 saturated heterocycles. The molecule has 10 heteroatoms. The second-order valence-corrected chi connectivity index (χ2v) is 6.71. The van der Waals surface area contributed by atoms with E-state index in [0.717, 1.165) is 10.4 Å². The largest absolute Gasteiger partial charge is 0.416 e. The van der Waals surface area contributed by atoms with Gasteiger partial charge in [0, 0.05) is 24.7 Å². The second-order valence-electron chi connectivity index (χ2n) is 4.28. The van der Waals surface area contributed by atoms with Crippen LogP contribution in [0.1, 0.15) is 12.5 Å². The fourth-order valence-electron chi connectivity index (χ4n) is 1.43. The number of rotatable bonds is 4. The molecule has 21 heavy (non-hydrogen) atoms. The van der Waals surface area contributed by atoms with Crippen molar-refractivity contribution in [1.82, 2.24) is 4.31 Å². The van der Waals surface area contributed by atoms with Gasteiger partial charge in [0.15, 0.2) is 0 Å². The van der Waals surface area contributed by atoms with E-state index >= 15 is 0 Å². The molecule has 0 aliphatic rings. The van der Waals surface area contributed by atoms with E-state index in [-0.39, 0.29) is 24.0 Å². The fraction of sp³-hybridized carbons (Fsp3) is 0.455. The van der Waals surface area contributed by atoms with Crippen LogP contribution >= 0.6 is 24.0 Å². The molecule has 0 radical (unpaired) electrons. The number of benzene rings is 1. The van der Waals surface area contributed by atoms with Gasteiger partial charge >= 0.3 is 6.18 Å². The highest BCUT2D eigenvalue weighted by Gasteiger charge is 2.33. The lowest BCUT2D eigenvalue weighted by molar-refractivity contribution is -0.137. The van der Waals surface area contributed by atoms with Gasteiger partial charge in [0.25, 0.3) is 0 Å². The summed E-state index contributed by atoms with van der Waals surface area (Å²) in [4.78, 5) is -0.514. The summed E-state index contributed by atoms with van der Waals surface area (Å²) in [6, 6.07) is 1.66. The Labute approximate surface area is 132 Å². The lowest BCUT2D eigenvalue weighted by Gasteiger charge is -2.23. The van der Waals surface area contributed by atoms with E-state index in [1.807, 2.05) is 0 Å². The molecule has 0 aromatic heterocycles. The van der Waals surface area contributed by atoms with Crippen LogP contribution in [0.3, 0.4) is 0 Å². The van der Waals surface area contributed by atoms with Gasteiger partial charge in [-0.15, -0.1) is 12.4 Å². The first-order valence-electron chi connectivity index (χ1n) is 5.56. The van der Waals surface area contributed by atoms with E-state index in [1.54, 1.807) is 6.92 Å². The second kappa shape index (κ2) is 7.15. The molecule has 0 bridgehead atoms. The Hall–Kier alpha value is -0.540. The minimum atomic E-state index is -4.67. The summed E-state index contributed by atoms with van der Waals surface area (Å²) in [5.41, 5.74) is 4.25. The molecule has 0 aliphatic carbocycles. The van der Waals surface area contributed by atoms with Crippen molar-refractivity contribution >= 4 is 34.0 Å². The number of nitrogens with two attached hydrogens (primary N) is 1. The summed E-state index contributed by atoms with van der Waals surface area (Å²) in [7, 11) is -2.84. The number of alkyl halides is 3. The average Bonchev–Trinajstić information content (AvgIpc) is 2.35. The number of halogens is 5. The van der Waals surface area contributed by atoms with Gasteiger partial charge in [-0.2, -0.15) is 17.5 Å². The maximum atomic E-state index is 12.7. The van der Waals surface area contributed by atoms with Crippen molar-refractivity contribution in [2.45, 2.75) is 24.0 Å². The van der Waals surface area contributed by atoms with Crippen LogP contribution in [0.25, 0.3) is 0 Å². The highest BCUT2D eigenvalue weighted by Crippen LogP contribution is 2.33. The van der Waals surface area contributed by atoms with E-state index in [9.17, 15) is 21.6 Å². The molecule has 1 unspecified atom stereocenters. The molecule has 0 saturated carbocycles. The summed E-state index contributed by atoms with van der Waals surface area (Å²) in [6.45, 7) is 1.59. The smallest absolute Gasteiger partial charge is 0.329 e. The standard InChI is InChI=1S/C11H14ClF3N2O2S.ClH/c1-7(6-16)17(2)20(18,19)10-4-8(11(13,14)15)3-9(12)5-10;/h3-5,7H,6,16H2,1-2H3;1H. The quantitative estimate of drug-likeness (QED) is 0.890. The summed E-state index contributed by atoms with van der Waals surface area (Å²) < 4.78 is 63.4. The highest BCUT2D eigenvalue weighted by atomic mass is 35.5. The predicted octanol–water partition coefficient (Wildman–Crippen LogP) is 2.75. The van der Waals surface area contributed by atoms with Crippen LogP contribution in [0.2, 0.25) is 5.02 Å². The molecule has 1 atom stereocenters. The molecule has 122 valence electrons. The van der Waals surface area contributed by atoms with E-state index < -0.39 is 32.7 Å². The third-order valence-corrected chi connectivity index (χ3v) is 5.01. The van der Waals surface area contributed by atoms with Crippen LogP contribution in [-0.4, -0.2) is 32.4 Å². The number of hydrogen-bond donors (Lipinski definition) is 1. The van der Waals surface area contributed by atoms with Crippen molar-refractivity contribution < 1.29 is 21.6 Å². The Kier molecular flexibility index (Phi) is 6.96. The van der Waals surface area contributed by atoms with Crippen molar-refractivity contribution in [3.8, 4) is 0 Å². The van der Waals surface area contributed by atoms with Crippen molar-refractivity contribution in [2.75, 3.05) is 13.6 Å². The van der Waals surface area contributed by atoms with Gasteiger partial charge in [-0.25, -0.2) is 8.42 Å². The van der Waals surface area contributed by atoms with E-state index in [2.05, 4.69) is 0 Å². The van der Waals surface area contributed by atoms with Crippen LogP contribution in [0.4, 0.5) is 13.2 Å². The molecule has 0 fully saturated rings. The normalized spacial score (nSPS) is 13.9. The Morgan fingerprint density at radius 2 is 1.86 bits per heavy atom. The fourth-order valence-corrected chi connectivity index (χ4v) is 3.17. The van der Waals surface area contributed by atoms with Gasteiger partial charge in [-0.05, 0) is 25.1 Å². The Balaban J connectivity index is 0.00000400. The Bertz CT molecular complexity index is 594. The summed E-state index contributed by atoms with van der Waals surface area (Å²) in [5.74, 6) is 0. The van der Waals surface area contributed by atoms with E-state index in [1.165, 1.54) is 7.05 Å². The van der Waals surface area contributed by atoms with Gasteiger partial charge in [0.05, 0.1) is 10.5 Å². The summed E-state index contributed by atoms with van der Waals surface area (Å²) in [5, 5.41) is -0.299. The molecular weight excluding hydrogens is 352 g/mol. The molecule has 4 nitrogen and oxygen atoms in total. The van der Waals surface area contributed by atoms with E-state index in [4.69, 9.17) is 17.3 Å². The highest BCUT2D eigenvalue weighted by molar-refractivity contribution is 7.89. The topological polar surface area (TPSA) is 63.4 Å². The number of sulfonamides is 1. The molecule has 1 rings (SSSR count). The molecule has 0 heterocycles. The molecule has 1 aromatic rings. The van der Waals surface area contributed by atoms with Gasteiger partial charge in [0.1, 0.15) is 0 Å². The molecule has 0 spiro atoms. The van der Waals surface area contributed by atoms with Crippen LogP contribution in [0.5, 0.6) is 0 Å². The zero-order valence-electron chi connectivity index (χ0n) is 11.2. The first-order chi connectivity index (χ1) is 9.00. The zero-order valence-corrected chi connectivity index (χ0v) is 13.6. The summed E-state index contributed by atoms with van der Waals surface area (Å²) in [6.07, 6.45) is -4.67. The molecule has 0 aliphatic heterocycles. The lowest BCUT2D eigenvalue weighted by atomic mass is 10.2. The van der Waals surface area contributed by atoms with Crippen molar-refractivity contribution in [3.05, 3.63) is 28.8 Å². The van der Waals surface area contributed by atoms with Gasteiger partial charge < -0.3 is 5.73 Å². The molecule has 1 aromatic carbocycles. The monoisotopic (exact) mass is 366 g/mol. The maximum absolute atomic E-state index is 12.7.